The van der Waals surface area contributed by atoms with E-state index in [1.54, 1.807) is 0 Å². The summed E-state index contributed by atoms with van der Waals surface area (Å²) < 4.78 is 5.94. The Hall–Kier alpha value is -3.93. The predicted octanol–water partition coefficient (Wildman–Crippen LogP) is 1.97. The van der Waals surface area contributed by atoms with Crippen LogP contribution in [0.15, 0.2) is 24.4 Å². The van der Waals surface area contributed by atoms with Crippen molar-refractivity contribution in [3.05, 3.63) is 33.5 Å². The van der Waals surface area contributed by atoms with Crippen LogP contribution in [0.4, 0.5) is 4.79 Å². The number of amides is 4. The summed E-state index contributed by atoms with van der Waals surface area (Å²) in [5.74, 6) is -2.87. The number of carbonyl (C=O) groups is 6. The number of unbranched alkanes of at least 4 members (excludes halogenated alkanes) is 1. The molecule has 1 aliphatic carbocycles. The minimum atomic E-state index is -1.44. The van der Waals surface area contributed by atoms with Gasteiger partial charge in [0, 0.05) is 52.4 Å². The van der Waals surface area contributed by atoms with Gasteiger partial charge in [0.1, 0.15) is 12.1 Å². The molecule has 47 heavy (non-hydrogen) atoms. The molecule has 1 aromatic carbocycles. The lowest BCUT2D eigenvalue weighted by molar-refractivity contribution is -0.141. The van der Waals surface area contributed by atoms with Gasteiger partial charge in [-0.3, -0.25) is 19.2 Å². The molecule has 258 valence electrons. The second kappa shape index (κ2) is 19.0. The number of nitrogens with one attached hydrogen (secondary N) is 5. The van der Waals surface area contributed by atoms with Gasteiger partial charge in [-0.1, -0.05) is 0 Å². The molecule has 1 aliphatic rings. The third-order valence-electron chi connectivity index (χ3n) is 8.29. The van der Waals surface area contributed by atoms with Gasteiger partial charge >= 0.3 is 18.0 Å². The van der Waals surface area contributed by atoms with Crippen LogP contribution in [0.3, 0.4) is 0 Å². The minimum absolute atomic E-state index is 0.146. The normalized spacial score (nSPS) is 17.9. The largest absolute Gasteiger partial charge is 0.481 e. The van der Waals surface area contributed by atoms with E-state index in [1.165, 1.54) is 0 Å². The summed E-state index contributed by atoms with van der Waals surface area (Å²) in [6.45, 7) is 0.992. The maximum absolute atomic E-state index is 13.4. The SMILES string of the molecule is NCC1CCC(C(=O)N[C@H](Cc2c[nH]c3ccc(I)cc23)C(=O)NCCCC[C@H](NC(=O)N[C@@H](CCC(=O)O)C(=O)O)OC=O)CC1. The zero-order chi connectivity index (χ0) is 34.3. The number of nitrogens with two attached hydrogens (primary N) is 1. The highest BCUT2D eigenvalue weighted by Gasteiger charge is 2.30. The maximum Gasteiger partial charge on any atom is 0.326 e. The van der Waals surface area contributed by atoms with E-state index in [2.05, 4.69) is 48.8 Å². The van der Waals surface area contributed by atoms with E-state index >= 15 is 0 Å². The lowest BCUT2D eigenvalue weighted by atomic mass is 9.81. The van der Waals surface area contributed by atoms with Crippen molar-refractivity contribution in [2.24, 2.45) is 17.6 Å². The van der Waals surface area contributed by atoms with E-state index in [1.807, 2.05) is 24.4 Å². The number of aromatic amines is 1. The van der Waals surface area contributed by atoms with Crippen molar-refractivity contribution in [3.8, 4) is 0 Å². The van der Waals surface area contributed by atoms with Crippen LogP contribution in [0.25, 0.3) is 10.9 Å². The second-order valence-electron chi connectivity index (χ2n) is 11.7. The number of aliphatic carboxylic acids is 2. The van der Waals surface area contributed by atoms with Crippen LogP contribution in [-0.4, -0.2) is 82.9 Å². The molecule has 0 radical (unpaired) electrons. The van der Waals surface area contributed by atoms with Gasteiger partial charge in [0.15, 0.2) is 6.23 Å². The Balaban J connectivity index is 1.55. The first-order valence-corrected chi connectivity index (χ1v) is 16.7. The molecule has 0 unspecified atom stereocenters. The summed E-state index contributed by atoms with van der Waals surface area (Å²) in [5.41, 5.74) is 7.64. The Morgan fingerprint density at radius 2 is 1.77 bits per heavy atom. The molecule has 16 heteroatoms. The molecule has 0 bridgehead atoms. The van der Waals surface area contributed by atoms with Crippen LogP contribution >= 0.6 is 22.6 Å². The van der Waals surface area contributed by atoms with E-state index < -0.39 is 42.7 Å². The van der Waals surface area contributed by atoms with Gasteiger partial charge in [-0.25, -0.2) is 9.59 Å². The predicted molar refractivity (Wildman–Crippen MR) is 179 cm³/mol. The van der Waals surface area contributed by atoms with Gasteiger partial charge in [-0.15, -0.1) is 0 Å². The first kappa shape index (κ1) is 37.5. The van der Waals surface area contributed by atoms with Crippen molar-refractivity contribution >= 4 is 69.8 Å². The van der Waals surface area contributed by atoms with Crippen molar-refractivity contribution in [2.45, 2.75) is 82.5 Å². The summed E-state index contributed by atoms with van der Waals surface area (Å²) in [4.78, 5) is 75.2. The summed E-state index contributed by atoms with van der Waals surface area (Å²) in [6.07, 6.45) is 4.48. The van der Waals surface area contributed by atoms with Gasteiger partial charge in [0.05, 0.1) is 0 Å². The number of rotatable bonds is 19. The standard InChI is InChI=1S/C31H43IN6O9/c32-21-8-9-23-22(14-21)20(16-35-23)13-25(36-28(42)19-6-4-18(15-33)5-7-19)29(43)34-12-2-1-3-26(47-17-39)38-31(46)37-24(30(44)45)10-11-27(40)41/h8-9,14,16-19,24-26,35H,1-7,10-13,15,33H2,(H,34,43)(H,36,42)(H,40,41)(H,44,45)(H2,37,38,46)/t18?,19?,24-,25+,26+/m0/s1. The number of halogens is 1. The van der Waals surface area contributed by atoms with Gasteiger partial charge in [-0.2, -0.15) is 0 Å². The smallest absolute Gasteiger partial charge is 0.326 e. The molecule has 4 amide bonds. The number of urea groups is 1. The van der Waals surface area contributed by atoms with E-state index in [0.717, 1.165) is 45.7 Å². The Bertz CT molecular complexity index is 1390. The van der Waals surface area contributed by atoms with Gasteiger partial charge in [0.25, 0.3) is 6.47 Å². The molecule has 0 saturated heterocycles. The highest BCUT2D eigenvalue weighted by atomic mass is 127. The number of carboxylic acids is 2. The van der Waals surface area contributed by atoms with Crippen molar-refractivity contribution in [2.75, 3.05) is 13.1 Å². The molecule has 2 aromatic rings. The summed E-state index contributed by atoms with van der Waals surface area (Å²) in [6, 6.07) is 2.77. The molecule has 3 rings (SSSR count). The quantitative estimate of drug-likeness (QED) is 0.0447. The van der Waals surface area contributed by atoms with E-state index in [4.69, 9.17) is 15.6 Å². The molecule has 1 heterocycles. The lowest BCUT2D eigenvalue weighted by Crippen LogP contribution is -2.50. The maximum atomic E-state index is 13.4. The lowest BCUT2D eigenvalue weighted by Gasteiger charge is -2.28. The third kappa shape index (κ3) is 12.3. The van der Waals surface area contributed by atoms with Gasteiger partial charge in [-0.05, 0) is 104 Å². The van der Waals surface area contributed by atoms with Crippen LogP contribution in [-0.2, 0) is 35.1 Å². The van der Waals surface area contributed by atoms with Crippen LogP contribution in [0.5, 0.6) is 0 Å². The Morgan fingerprint density at radius 1 is 1.02 bits per heavy atom. The average Bonchev–Trinajstić information content (AvgIpc) is 3.43. The number of aromatic nitrogens is 1. The van der Waals surface area contributed by atoms with Gasteiger partial charge in [0.2, 0.25) is 11.8 Å². The van der Waals surface area contributed by atoms with E-state index in [9.17, 15) is 33.9 Å². The minimum Gasteiger partial charge on any atom is -0.481 e. The molecule has 1 aromatic heterocycles. The number of hydrogen-bond acceptors (Lipinski definition) is 8. The average molecular weight is 771 g/mol. The van der Waals surface area contributed by atoms with Crippen molar-refractivity contribution < 1.29 is 43.7 Å². The van der Waals surface area contributed by atoms with Crippen LogP contribution in [0, 0.1) is 15.4 Å². The molecule has 9 N–H and O–H groups in total. The zero-order valence-electron chi connectivity index (χ0n) is 26.0. The molecule has 0 aliphatic heterocycles. The van der Waals surface area contributed by atoms with Crippen LogP contribution in [0.1, 0.15) is 63.4 Å². The monoisotopic (exact) mass is 770 g/mol. The Morgan fingerprint density at radius 3 is 2.43 bits per heavy atom. The number of hydrogen-bond donors (Lipinski definition) is 8. The van der Waals surface area contributed by atoms with Crippen molar-refractivity contribution in [1.82, 2.24) is 26.3 Å². The second-order valence-corrected chi connectivity index (χ2v) is 12.9. The molecule has 3 atom stereocenters. The Labute approximate surface area is 285 Å². The molecular weight excluding hydrogens is 727 g/mol. The molecular formula is C31H43IN6O9. The first-order chi connectivity index (χ1) is 22.5. The summed E-state index contributed by atoms with van der Waals surface area (Å²) >= 11 is 2.23. The molecule has 0 spiro atoms. The number of carbonyl (C=O) groups excluding carboxylic acids is 4. The topological polar surface area (TPSA) is 242 Å². The number of benzene rings is 1. The highest BCUT2D eigenvalue weighted by molar-refractivity contribution is 14.1. The summed E-state index contributed by atoms with van der Waals surface area (Å²) in [7, 11) is 0. The molecule has 1 fully saturated rings. The fourth-order valence-electron chi connectivity index (χ4n) is 5.60. The van der Waals surface area contributed by atoms with Gasteiger partial charge < -0.3 is 46.9 Å². The Kier molecular flexibility index (Phi) is 15.2. The van der Waals surface area contributed by atoms with E-state index in [-0.39, 0.29) is 50.0 Å². The number of H-pyrrole nitrogens is 1. The van der Waals surface area contributed by atoms with E-state index in [0.29, 0.717) is 25.3 Å². The molecule has 15 nitrogen and oxygen atoms in total. The number of fused-ring (bicyclic) bond motifs is 1. The highest BCUT2D eigenvalue weighted by Crippen LogP contribution is 2.28. The first-order valence-electron chi connectivity index (χ1n) is 15.6. The van der Waals surface area contributed by atoms with Crippen LogP contribution in [0.2, 0.25) is 0 Å². The van der Waals surface area contributed by atoms with Crippen molar-refractivity contribution in [3.63, 3.8) is 0 Å². The van der Waals surface area contributed by atoms with Crippen molar-refractivity contribution in [1.29, 1.82) is 0 Å². The van der Waals surface area contributed by atoms with Crippen LogP contribution < -0.4 is 27.0 Å². The number of carboxylic acid groups (broad SMARTS) is 2. The fraction of sp³-hybridized carbons (Fsp3) is 0.548. The number of ether oxygens (including phenoxy) is 1. The molecule has 1 saturated carbocycles. The zero-order valence-corrected chi connectivity index (χ0v) is 28.1. The summed E-state index contributed by atoms with van der Waals surface area (Å²) in [5, 5.41) is 29.4. The third-order valence-corrected chi connectivity index (χ3v) is 8.96. The fourth-order valence-corrected chi connectivity index (χ4v) is 6.09.